The second-order valence-electron chi connectivity index (χ2n) is 4.60. The minimum Gasteiger partial charge on any atom is -0.396 e. The summed E-state index contributed by atoms with van der Waals surface area (Å²) in [6, 6.07) is 0.0695. The molecule has 0 aromatic rings. The Balaban J connectivity index is 2.09. The molecule has 2 N–H and O–H groups in total. The van der Waals surface area contributed by atoms with E-state index in [1.807, 2.05) is 6.92 Å². The molecule has 16 heavy (non-hydrogen) atoms. The first kappa shape index (κ1) is 13.5. The van der Waals surface area contributed by atoms with Crippen LogP contribution in [0.5, 0.6) is 0 Å². The zero-order valence-corrected chi connectivity index (χ0v) is 10.1. The van der Waals surface area contributed by atoms with Crippen LogP contribution in [0.2, 0.25) is 0 Å². The highest BCUT2D eigenvalue weighted by Crippen LogP contribution is 2.18. The van der Waals surface area contributed by atoms with E-state index in [4.69, 9.17) is 9.84 Å². The second-order valence-corrected chi connectivity index (χ2v) is 4.60. The molecule has 0 aliphatic carbocycles. The van der Waals surface area contributed by atoms with Crippen LogP contribution >= 0.6 is 0 Å². The first-order valence-electron chi connectivity index (χ1n) is 6.20. The van der Waals surface area contributed by atoms with E-state index in [0.29, 0.717) is 18.8 Å². The van der Waals surface area contributed by atoms with E-state index in [1.165, 1.54) is 6.42 Å². The molecule has 0 saturated carbocycles. The molecule has 1 amide bonds. The molecule has 1 saturated heterocycles. The second kappa shape index (κ2) is 7.63. The molecule has 1 fully saturated rings. The van der Waals surface area contributed by atoms with Gasteiger partial charge in [-0.25, -0.2) is 0 Å². The van der Waals surface area contributed by atoms with Crippen molar-refractivity contribution in [2.75, 3.05) is 19.8 Å². The smallest absolute Gasteiger partial charge is 0.220 e. The summed E-state index contributed by atoms with van der Waals surface area (Å²) in [6.45, 7) is 3.71. The zero-order valence-electron chi connectivity index (χ0n) is 10.1. The van der Waals surface area contributed by atoms with Crippen LogP contribution < -0.4 is 5.32 Å². The Kier molecular flexibility index (Phi) is 6.42. The van der Waals surface area contributed by atoms with Gasteiger partial charge in [-0.3, -0.25) is 4.79 Å². The molecule has 4 heteroatoms. The maximum atomic E-state index is 11.5. The van der Waals surface area contributed by atoms with Crippen LogP contribution in [0.4, 0.5) is 0 Å². The highest BCUT2D eigenvalue weighted by atomic mass is 16.5. The molecule has 0 radical (unpaired) electrons. The third-order valence-electron chi connectivity index (χ3n) is 3.00. The van der Waals surface area contributed by atoms with Gasteiger partial charge >= 0.3 is 0 Å². The van der Waals surface area contributed by atoms with Gasteiger partial charge in [0.25, 0.3) is 0 Å². The Hall–Kier alpha value is -0.610. The summed E-state index contributed by atoms with van der Waals surface area (Å²) in [4.78, 5) is 11.5. The molecule has 0 aromatic carbocycles. The van der Waals surface area contributed by atoms with Crippen molar-refractivity contribution in [2.45, 2.75) is 45.1 Å². The van der Waals surface area contributed by atoms with Crippen molar-refractivity contribution in [3.63, 3.8) is 0 Å². The molecular formula is C12H23NO3. The van der Waals surface area contributed by atoms with Gasteiger partial charge < -0.3 is 15.2 Å². The van der Waals surface area contributed by atoms with Crippen LogP contribution in [0.1, 0.15) is 39.0 Å². The van der Waals surface area contributed by atoms with Crippen LogP contribution in [0.15, 0.2) is 0 Å². The lowest BCUT2D eigenvalue weighted by Gasteiger charge is -2.22. The first-order chi connectivity index (χ1) is 7.72. The van der Waals surface area contributed by atoms with Gasteiger partial charge in [-0.1, -0.05) is 0 Å². The summed E-state index contributed by atoms with van der Waals surface area (Å²) in [5.74, 6) is 0.638. The molecule has 4 nitrogen and oxygen atoms in total. The van der Waals surface area contributed by atoms with Gasteiger partial charge in [0.1, 0.15) is 0 Å². The topological polar surface area (TPSA) is 58.6 Å². The number of ether oxygens (including phenoxy) is 1. The molecule has 0 spiro atoms. The number of aliphatic hydroxyl groups excluding tert-OH is 1. The molecule has 2 unspecified atom stereocenters. The number of rotatable bonds is 6. The molecule has 94 valence electrons. The van der Waals surface area contributed by atoms with Crippen LogP contribution in [-0.2, 0) is 9.53 Å². The number of amides is 1. The average Bonchev–Trinajstić information content (AvgIpc) is 2.28. The van der Waals surface area contributed by atoms with Gasteiger partial charge in [0.2, 0.25) is 5.91 Å². The molecule has 1 aliphatic rings. The van der Waals surface area contributed by atoms with Gasteiger partial charge in [0, 0.05) is 32.3 Å². The predicted octanol–water partition coefficient (Wildman–Crippen LogP) is 1.08. The third-order valence-corrected chi connectivity index (χ3v) is 3.00. The number of hydrogen-bond acceptors (Lipinski definition) is 3. The highest BCUT2D eigenvalue weighted by Gasteiger charge is 2.15. The Bertz CT molecular complexity index is 202. The number of aliphatic hydroxyl groups is 1. The summed E-state index contributed by atoms with van der Waals surface area (Å²) in [7, 11) is 0. The van der Waals surface area contributed by atoms with E-state index in [9.17, 15) is 4.79 Å². The minimum atomic E-state index is 0.0695. The Morgan fingerprint density at radius 2 is 2.44 bits per heavy atom. The van der Waals surface area contributed by atoms with E-state index in [-0.39, 0.29) is 18.6 Å². The van der Waals surface area contributed by atoms with Gasteiger partial charge in [0.15, 0.2) is 0 Å². The summed E-state index contributed by atoms with van der Waals surface area (Å²) < 4.78 is 5.37. The van der Waals surface area contributed by atoms with E-state index in [0.717, 1.165) is 26.1 Å². The van der Waals surface area contributed by atoms with Crippen molar-refractivity contribution in [3.8, 4) is 0 Å². The number of nitrogens with one attached hydrogen (secondary N) is 1. The Morgan fingerprint density at radius 3 is 3.06 bits per heavy atom. The Morgan fingerprint density at radius 1 is 1.62 bits per heavy atom. The fourth-order valence-corrected chi connectivity index (χ4v) is 1.98. The maximum absolute atomic E-state index is 11.5. The summed E-state index contributed by atoms with van der Waals surface area (Å²) in [6.07, 6.45) is 4.41. The molecule has 1 aliphatic heterocycles. The summed E-state index contributed by atoms with van der Waals surface area (Å²) in [5, 5.41) is 11.6. The standard InChI is InChI=1S/C12H23NO3/c1-10(6-7-14)13-12(15)5-4-11-3-2-8-16-9-11/h10-11,14H,2-9H2,1H3,(H,13,15). The lowest BCUT2D eigenvalue weighted by molar-refractivity contribution is -0.122. The fourth-order valence-electron chi connectivity index (χ4n) is 1.98. The fraction of sp³-hybridized carbons (Fsp3) is 0.917. The van der Waals surface area contributed by atoms with Crippen LogP contribution in [0.25, 0.3) is 0 Å². The molecule has 1 rings (SSSR count). The van der Waals surface area contributed by atoms with Gasteiger partial charge in [-0.15, -0.1) is 0 Å². The van der Waals surface area contributed by atoms with Crippen molar-refractivity contribution in [3.05, 3.63) is 0 Å². The number of carbonyl (C=O) groups is 1. The summed E-state index contributed by atoms with van der Waals surface area (Å²) >= 11 is 0. The first-order valence-corrected chi connectivity index (χ1v) is 6.20. The van der Waals surface area contributed by atoms with E-state index in [2.05, 4.69) is 5.32 Å². The van der Waals surface area contributed by atoms with Gasteiger partial charge in [-0.05, 0) is 38.5 Å². The monoisotopic (exact) mass is 229 g/mol. The van der Waals surface area contributed by atoms with E-state index < -0.39 is 0 Å². The SMILES string of the molecule is CC(CCO)NC(=O)CCC1CCCOC1. The van der Waals surface area contributed by atoms with Crippen LogP contribution in [0.3, 0.4) is 0 Å². The van der Waals surface area contributed by atoms with Crippen LogP contribution in [-0.4, -0.2) is 36.9 Å². The molecule has 0 aromatic heterocycles. The molecule has 1 heterocycles. The van der Waals surface area contributed by atoms with E-state index in [1.54, 1.807) is 0 Å². The predicted molar refractivity (Wildman–Crippen MR) is 62.1 cm³/mol. The highest BCUT2D eigenvalue weighted by molar-refractivity contribution is 5.76. The Labute approximate surface area is 97.4 Å². The number of hydrogen-bond donors (Lipinski definition) is 2. The van der Waals surface area contributed by atoms with Gasteiger partial charge in [0.05, 0.1) is 0 Å². The van der Waals surface area contributed by atoms with E-state index >= 15 is 0 Å². The summed E-state index contributed by atoms with van der Waals surface area (Å²) in [5.41, 5.74) is 0. The maximum Gasteiger partial charge on any atom is 0.220 e. The normalized spacial score (nSPS) is 22.8. The van der Waals surface area contributed by atoms with Crippen molar-refractivity contribution in [2.24, 2.45) is 5.92 Å². The lowest BCUT2D eigenvalue weighted by Crippen LogP contribution is -2.33. The van der Waals surface area contributed by atoms with Crippen molar-refractivity contribution < 1.29 is 14.6 Å². The molecule has 2 atom stereocenters. The van der Waals surface area contributed by atoms with Crippen molar-refractivity contribution in [1.29, 1.82) is 0 Å². The molecule has 0 bridgehead atoms. The van der Waals surface area contributed by atoms with Crippen LogP contribution in [0, 0.1) is 5.92 Å². The lowest BCUT2D eigenvalue weighted by atomic mass is 9.97. The average molecular weight is 229 g/mol. The van der Waals surface area contributed by atoms with Crippen molar-refractivity contribution in [1.82, 2.24) is 5.32 Å². The minimum absolute atomic E-state index is 0.0695. The van der Waals surface area contributed by atoms with Crippen molar-refractivity contribution >= 4 is 5.91 Å². The quantitative estimate of drug-likeness (QED) is 0.716. The largest absolute Gasteiger partial charge is 0.396 e. The number of carbonyl (C=O) groups excluding carboxylic acids is 1. The van der Waals surface area contributed by atoms with Gasteiger partial charge in [-0.2, -0.15) is 0 Å². The third kappa shape index (κ3) is 5.47. The molecular weight excluding hydrogens is 206 g/mol. The zero-order chi connectivity index (χ0) is 11.8.